The molecule has 0 unspecified atom stereocenters. The second-order valence-corrected chi connectivity index (χ2v) is 3.26. The highest BCUT2D eigenvalue weighted by Gasteiger charge is 2.03. The van der Waals surface area contributed by atoms with Gasteiger partial charge in [0.05, 0.1) is 17.2 Å². The van der Waals surface area contributed by atoms with Gasteiger partial charge in [-0.1, -0.05) is 12.1 Å². The molecule has 3 rings (SSSR count). The zero-order valence-electron chi connectivity index (χ0n) is 8.33. The van der Waals surface area contributed by atoms with Crippen molar-refractivity contribution >= 4 is 11.0 Å². The van der Waals surface area contributed by atoms with Crippen LogP contribution in [0.25, 0.3) is 22.4 Å². The van der Waals surface area contributed by atoms with Crippen LogP contribution in [0.5, 0.6) is 0 Å². The topological polar surface area (TPSA) is 51.6 Å². The Morgan fingerprint density at radius 2 is 1.88 bits per heavy atom. The third kappa shape index (κ3) is 1.50. The van der Waals surface area contributed by atoms with Crippen molar-refractivity contribution in [3.8, 4) is 11.4 Å². The van der Waals surface area contributed by atoms with Crippen molar-refractivity contribution in [1.82, 2.24) is 19.9 Å². The molecule has 0 saturated carbocycles. The molecule has 0 aliphatic rings. The van der Waals surface area contributed by atoms with Crippen LogP contribution in [-0.2, 0) is 0 Å². The van der Waals surface area contributed by atoms with Gasteiger partial charge in [0, 0.05) is 12.4 Å². The summed E-state index contributed by atoms with van der Waals surface area (Å²) in [7, 11) is 0. The summed E-state index contributed by atoms with van der Waals surface area (Å²) in [6, 6.07) is 7.67. The third-order valence-electron chi connectivity index (χ3n) is 2.20. The van der Waals surface area contributed by atoms with Crippen molar-refractivity contribution in [3.63, 3.8) is 0 Å². The van der Waals surface area contributed by atoms with E-state index in [-0.39, 0.29) is 0 Å². The Balaban J connectivity index is 2.19. The average molecular weight is 207 g/mol. The first kappa shape index (κ1) is 8.91. The van der Waals surface area contributed by atoms with Gasteiger partial charge in [-0.3, -0.25) is 9.97 Å². The maximum atomic E-state index is 4.42. The molecule has 0 spiro atoms. The van der Waals surface area contributed by atoms with Crippen LogP contribution in [0.4, 0.5) is 0 Å². The first-order chi connectivity index (χ1) is 7.93. The Hall–Kier alpha value is -2.36. The fourth-order valence-corrected chi connectivity index (χ4v) is 1.45. The predicted octanol–water partition coefficient (Wildman–Crippen LogP) is 1.89. The quantitative estimate of drug-likeness (QED) is 0.611. The molecule has 3 aromatic rings. The molecule has 0 atom stereocenters. The number of aromatic nitrogens is 4. The maximum Gasteiger partial charge on any atom is 0.120 e. The lowest BCUT2D eigenvalue weighted by Crippen LogP contribution is -1.91. The van der Waals surface area contributed by atoms with Gasteiger partial charge in [-0.05, 0) is 12.1 Å². The van der Waals surface area contributed by atoms with E-state index < -0.39 is 0 Å². The number of para-hydroxylation sites is 2. The van der Waals surface area contributed by atoms with E-state index in [2.05, 4.69) is 26.1 Å². The second kappa shape index (κ2) is 3.66. The minimum Gasteiger partial charge on any atom is -0.261 e. The van der Waals surface area contributed by atoms with Gasteiger partial charge in [0.2, 0.25) is 0 Å². The fourth-order valence-electron chi connectivity index (χ4n) is 1.45. The van der Waals surface area contributed by atoms with Crippen molar-refractivity contribution in [2.24, 2.45) is 0 Å². The van der Waals surface area contributed by atoms with E-state index in [1.54, 1.807) is 18.6 Å². The SMILES string of the molecule is [c]1nc2ccccc2nc1-c1cnccn1. The Morgan fingerprint density at radius 1 is 1.00 bits per heavy atom. The third-order valence-corrected chi connectivity index (χ3v) is 2.20. The zero-order valence-corrected chi connectivity index (χ0v) is 8.33. The van der Waals surface area contributed by atoms with E-state index in [1.807, 2.05) is 24.3 Å². The fraction of sp³-hybridized carbons (Fsp3) is 0. The lowest BCUT2D eigenvalue weighted by atomic mass is 10.2. The Morgan fingerprint density at radius 3 is 2.69 bits per heavy atom. The summed E-state index contributed by atoms with van der Waals surface area (Å²) in [5.74, 6) is 0. The van der Waals surface area contributed by atoms with Gasteiger partial charge in [-0.25, -0.2) is 9.97 Å². The van der Waals surface area contributed by atoms with Crippen molar-refractivity contribution in [3.05, 3.63) is 49.1 Å². The summed E-state index contributed by atoms with van der Waals surface area (Å²) < 4.78 is 0. The highest BCUT2D eigenvalue weighted by molar-refractivity contribution is 5.75. The molecular weight excluding hydrogens is 200 g/mol. The molecule has 1 aromatic carbocycles. The average Bonchev–Trinajstić information content (AvgIpc) is 2.39. The Labute approximate surface area is 92.0 Å². The molecule has 2 heterocycles. The Kier molecular flexibility index (Phi) is 2.04. The molecule has 75 valence electrons. The van der Waals surface area contributed by atoms with Gasteiger partial charge in [-0.2, -0.15) is 0 Å². The molecule has 4 nitrogen and oxygen atoms in total. The van der Waals surface area contributed by atoms with Crippen molar-refractivity contribution in [2.45, 2.75) is 0 Å². The predicted molar refractivity (Wildman–Crippen MR) is 59.4 cm³/mol. The van der Waals surface area contributed by atoms with Crippen LogP contribution in [0, 0.1) is 6.20 Å². The first-order valence-corrected chi connectivity index (χ1v) is 4.84. The molecule has 0 saturated heterocycles. The van der Waals surface area contributed by atoms with Crippen molar-refractivity contribution in [1.29, 1.82) is 0 Å². The zero-order chi connectivity index (χ0) is 10.8. The van der Waals surface area contributed by atoms with E-state index in [9.17, 15) is 0 Å². The number of fused-ring (bicyclic) bond motifs is 1. The smallest absolute Gasteiger partial charge is 0.120 e. The van der Waals surface area contributed by atoms with Crippen LogP contribution in [0.15, 0.2) is 42.9 Å². The lowest BCUT2D eigenvalue weighted by molar-refractivity contribution is 1.17. The lowest BCUT2D eigenvalue weighted by Gasteiger charge is -1.99. The number of rotatable bonds is 1. The molecule has 1 radical (unpaired) electrons. The monoisotopic (exact) mass is 207 g/mol. The van der Waals surface area contributed by atoms with E-state index in [1.165, 1.54) is 0 Å². The molecule has 4 heteroatoms. The van der Waals surface area contributed by atoms with Gasteiger partial charge >= 0.3 is 0 Å². The van der Waals surface area contributed by atoms with Gasteiger partial charge in [-0.15, -0.1) is 0 Å². The van der Waals surface area contributed by atoms with Crippen LogP contribution in [0.1, 0.15) is 0 Å². The minimum absolute atomic E-state index is 0.617. The number of nitrogens with zero attached hydrogens (tertiary/aromatic N) is 4. The van der Waals surface area contributed by atoms with Crippen LogP contribution >= 0.6 is 0 Å². The Bertz CT molecular complexity index is 622. The number of hydrogen-bond donors (Lipinski definition) is 0. The molecule has 0 bridgehead atoms. The van der Waals surface area contributed by atoms with Crippen molar-refractivity contribution in [2.75, 3.05) is 0 Å². The van der Waals surface area contributed by atoms with Crippen LogP contribution in [0.3, 0.4) is 0 Å². The van der Waals surface area contributed by atoms with Gasteiger partial charge in [0.1, 0.15) is 17.6 Å². The van der Waals surface area contributed by atoms with Gasteiger partial charge < -0.3 is 0 Å². The number of benzene rings is 1. The van der Waals surface area contributed by atoms with E-state index in [4.69, 9.17) is 0 Å². The molecule has 2 aromatic heterocycles. The molecule has 0 aliphatic heterocycles. The molecular formula is C12H7N4. The van der Waals surface area contributed by atoms with Gasteiger partial charge in [0.15, 0.2) is 0 Å². The molecule has 0 aliphatic carbocycles. The summed E-state index contributed by atoms with van der Waals surface area (Å²) in [5, 5.41) is 0. The summed E-state index contributed by atoms with van der Waals surface area (Å²) in [5.41, 5.74) is 2.96. The highest BCUT2D eigenvalue weighted by Crippen LogP contribution is 2.14. The van der Waals surface area contributed by atoms with Crippen LogP contribution in [0.2, 0.25) is 0 Å². The second-order valence-electron chi connectivity index (χ2n) is 3.26. The van der Waals surface area contributed by atoms with Crippen LogP contribution < -0.4 is 0 Å². The minimum atomic E-state index is 0.617. The van der Waals surface area contributed by atoms with Crippen molar-refractivity contribution < 1.29 is 0 Å². The highest BCUT2D eigenvalue weighted by atomic mass is 14.9. The normalized spacial score (nSPS) is 10.5. The summed E-state index contributed by atoms with van der Waals surface area (Å²) in [6.45, 7) is 0. The standard InChI is InChI=1S/C12H7N4/c1-2-4-10-9(3-1)15-8-12(16-10)11-7-13-5-6-14-11/h1-7H. The molecule has 0 fully saturated rings. The summed E-state index contributed by atoms with van der Waals surface area (Å²) in [6.07, 6.45) is 7.76. The first-order valence-electron chi connectivity index (χ1n) is 4.84. The molecule has 0 N–H and O–H groups in total. The maximum absolute atomic E-state index is 4.42. The summed E-state index contributed by atoms with van der Waals surface area (Å²) >= 11 is 0. The largest absolute Gasteiger partial charge is 0.261 e. The number of hydrogen-bond acceptors (Lipinski definition) is 4. The van der Waals surface area contributed by atoms with E-state index in [0.717, 1.165) is 11.0 Å². The molecule has 0 amide bonds. The van der Waals surface area contributed by atoms with E-state index in [0.29, 0.717) is 11.4 Å². The van der Waals surface area contributed by atoms with Gasteiger partial charge in [0.25, 0.3) is 0 Å². The van der Waals surface area contributed by atoms with Crippen LogP contribution in [-0.4, -0.2) is 19.9 Å². The molecule has 16 heavy (non-hydrogen) atoms. The summed E-state index contributed by atoms with van der Waals surface area (Å²) in [4.78, 5) is 16.8. The van der Waals surface area contributed by atoms with E-state index >= 15 is 0 Å².